The lowest BCUT2D eigenvalue weighted by atomic mass is 10.2. The lowest BCUT2D eigenvalue weighted by molar-refractivity contribution is -0.133. The SMILES string of the molecule is Cc1cc(Cl)ccc1OCC(=O)N(C)[C@@H]1CCS(=O)(=O)C1. The molecule has 0 N–H and O–H groups in total. The molecule has 0 aromatic heterocycles. The number of halogens is 1. The standard InChI is InChI=1S/C14H18ClNO4S/c1-10-7-11(15)3-4-13(10)20-8-14(17)16(2)12-5-6-21(18,19)9-12/h3-4,7,12H,5-6,8-9H2,1-2H3/t12-/m1/s1. The van der Waals surface area contributed by atoms with E-state index in [0.717, 1.165) is 5.56 Å². The van der Waals surface area contributed by atoms with Crippen LogP contribution in [0.4, 0.5) is 0 Å². The van der Waals surface area contributed by atoms with Gasteiger partial charge in [-0.1, -0.05) is 11.6 Å². The molecule has 1 saturated heterocycles. The average Bonchev–Trinajstić information content (AvgIpc) is 2.77. The van der Waals surface area contributed by atoms with Crippen molar-refractivity contribution in [2.75, 3.05) is 25.2 Å². The Kier molecular flexibility index (Phi) is 4.78. The quantitative estimate of drug-likeness (QED) is 0.842. The highest BCUT2D eigenvalue weighted by Gasteiger charge is 2.32. The largest absolute Gasteiger partial charge is 0.483 e. The molecule has 1 fully saturated rings. The van der Waals surface area contributed by atoms with E-state index in [0.29, 0.717) is 17.2 Å². The second-order valence-electron chi connectivity index (χ2n) is 5.26. The van der Waals surface area contributed by atoms with Gasteiger partial charge < -0.3 is 9.64 Å². The Morgan fingerprint density at radius 2 is 2.19 bits per heavy atom. The van der Waals surface area contributed by atoms with Crippen molar-refractivity contribution in [1.82, 2.24) is 4.90 Å². The van der Waals surface area contributed by atoms with Crippen molar-refractivity contribution in [3.8, 4) is 5.75 Å². The fourth-order valence-electron chi connectivity index (χ4n) is 2.30. The summed E-state index contributed by atoms with van der Waals surface area (Å²) in [6.07, 6.45) is 0.491. The number of amides is 1. The van der Waals surface area contributed by atoms with Crippen molar-refractivity contribution in [1.29, 1.82) is 0 Å². The van der Waals surface area contributed by atoms with Gasteiger partial charge in [-0.25, -0.2) is 8.42 Å². The second kappa shape index (κ2) is 6.23. The number of likely N-dealkylation sites (N-methyl/N-ethyl adjacent to an activating group) is 1. The number of hydrogen-bond donors (Lipinski definition) is 0. The van der Waals surface area contributed by atoms with Crippen molar-refractivity contribution in [3.05, 3.63) is 28.8 Å². The van der Waals surface area contributed by atoms with Crippen LogP contribution in [-0.2, 0) is 14.6 Å². The van der Waals surface area contributed by atoms with Crippen molar-refractivity contribution < 1.29 is 17.9 Å². The van der Waals surface area contributed by atoms with Crippen molar-refractivity contribution in [2.45, 2.75) is 19.4 Å². The molecule has 0 aliphatic carbocycles. The number of nitrogens with zero attached hydrogens (tertiary/aromatic N) is 1. The summed E-state index contributed by atoms with van der Waals surface area (Å²) >= 11 is 5.86. The van der Waals surface area contributed by atoms with Gasteiger partial charge in [0.2, 0.25) is 0 Å². The second-order valence-corrected chi connectivity index (χ2v) is 7.93. The van der Waals surface area contributed by atoms with E-state index in [1.54, 1.807) is 25.2 Å². The molecule has 1 aliphatic rings. The van der Waals surface area contributed by atoms with E-state index in [2.05, 4.69) is 0 Å². The fraction of sp³-hybridized carbons (Fsp3) is 0.500. The molecule has 0 bridgehead atoms. The average molecular weight is 332 g/mol. The third-order valence-electron chi connectivity index (χ3n) is 3.64. The molecule has 1 heterocycles. The molecule has 1 atom stereocenters. The number of aryl methyl sites for hydroxylation is 1. The monoisotopic (exact) mass is 331 g/mol. The molecule has 1 aromatic carbocycles. The highest BCUT2D eigenvalue weighted by atomic mass is 35.5. The molecule has 0 saturated carbocycles. The Hall–Kier alpha value is -1.27. The first-order valence-electron chi connectivity index (χ1n) is 6.63. The predicted molar refractivity (Wildman–Crippen MR) is 81.5 cm³/mol. The summed E-state index contributed by atoms with van der Waals surface area (Å²) < 4.78 is 28.4. The van der Waals surface area contributed by atoms with E-state index in [4.69, 9.17) is 16.3 Å². The van der Waals surface area contributed by atoms with Crippen molar-refractivity contribution in [2.24, 2.45) is 0 Å². The van der Waals surface area contributed by atoms with Crippen LogP contribution in [-0.4, -0.2) is 50.4 Å². The summed E-state index contributed by atoms with van der Waals surface area (Å²) in [5, 5.41) is 0.611. The lowest BCUT2D eigenvalue weighted by Crippen LogP contribution is -2.40. The number of benzene rings is 1. The highest BCUT2D eigenvalue weighted by Crippen LogP contribution is 2.22. The van der Waals surface area contributed by atoms with E-state index < -0.39 is 9.84 Å². The van der Waals surface area contributed by atoms with Gasteiger partial charge in [0.25, 0.3) is 5.91 Å². The van der Waals surface area contributed by atoms with Gasteiger partial charge >= 0.3 is 0 Å². The lowest BCUT2D eigenvalue weighted by Gasteiger charge is -2.23. The van der Waals surface area contributed by atoms with Gasteiger partial charge in [0.05, 0.1) is 11.5 Å². The van der Waals surface area contributed by atoms with Crippen molar-refractivity contribution in [3.63, 3.8) is 0 Å². The minimum atomic E-state index is -3.00. The molecular formula is C14H18ClNO4S. The van der Waals surface area contributed by atoms with Gasteiger partial charge in [-0.15, -0.1) is 0 Å². The van der Waals surface area contributed by atoms with Crippen LogP contribution in [0.25, 0.3) is 0 Å². The van der Waals surface area contributed by atoms with Crippen LogP contribution in [0.3, 0.4) is 0 Å². The van der Waals surface area contributed by atoms with Gasteiger partial charge in [-0.2, -0.15) is 0 Å². The zero-order chi connectivity index (χ0) is 15.6. The maximum absolute atomic E-state index is 12.1. The Bertz CT molecular complexity index is 644. The number of rotatable bonds is 4. The van der Waals surface area contributed by atoms with Gasteiger partial charge in [0.1, 0.15) is 5.75 Å². The zero-order valence-electron chi connectivity index (χ0n) is 12.0. The van der Waals surface area contributed by atoms with Gasteiger partial charge in [0, 0.05) is 18.1 Å². The summed E-state index contributed by atoms with van der Waals surface area (Å²) in [4.78, 5) is 13.5. The number of carbonyl (C=O) groups excluding carboxylic acids is 1. The van der Waals surface area contributed by atoms with Crippen LogP contribution in [0.1, 0.15) is 12.0 Å². The molecule has 21 heavy (non-hydrogen) atoms. The number of ether oxygens (including phenoxy) is 1. The number of carbonyl (C=O) groups is 1. The predicted octanol–water partition coefficient (Wildman–Crippen LogP) is 1.67. The minimum Gasteiger partial charge on any atom is -0.483 e. The van der Waals surface area contributed by atoms with Crippen LogP contribution in [0.2, 0.25) is 5.02 Å². The van der Waals surface area contributed by atoms with Crippen molar-refractivity contribution >= 4 is 27.3 Å². The van der Waals surface area contributed by atoms with Crippen LogP contribution in [0.15, 0.2) is 18.2 Å². The number of sulfone groups is 1. The van der Waals surface area contributed by atoms with Gasteiger partial charge in [-0.3, -0.25) is 4.79 Å². The molecule has 7 heteroatoms. The maximum atomic E-state index is 12.1. The Labute approximate surface area is 129 Å². The van der Waals surface area contributed by atoms with E-state index in [1.165, 1.54) is 4.90 Å². The smallest absolute Gasteiger partial charge is 0.260 e. The van der Waals surface area contributed by atoms with Gasteiger partial charge in [-0.05, 0) is 37.1 Å². The van der Waals surface area contributed by atoms with E-state index in [9.17, 15) is 13.2 Å². The number of hydrogen-bond acceptors (Lipinski definition) is 4. The molecule has 0 spiro atoms. The Balaban J connectivity index is 1.92. The Morgan fingerprint density at radius 3 is 2.76 bits per heavy atom. The molecule has 1 amide bonds. The molecule has 2 rings (SSSR count). The van der Waals surface area contributed by atoms with Crippen LogP contribution in [0, 0.1) is 6.92 Å². The summed E-state index contributed by atoms with van der Waals surface area (Å²) in [5.41, 5.74) is 0.849. The highest BCUT2D eigenvalue weighted by molar-refractivity contribution is 7.91. The summed E-state index contributed by atoms with van der Waals surface area (Å²) in [7, 11) is -1.38. The summed E-state index contributed by atoms with van der Waals surface area (Å²) in [5.74, 6) is 0.549. The maximum Gasteiger partial charge on any atom is 0.260 e. The first-order chi connectivity index (χ1) is 9.78. The topological polar surface area (TPSA) is 63.7 Å². The minimum absolute atomic E-state index is 0.0369. The molecule has 0 radical (unpaired) electrons. The van der Waals surface area contributed by atoms with Crippen LogP contribution >= 0.6 is 11.6 Å². The first-order valence-corrected chi connectivity index (χ1v) is 8.83. The normalized spacial score (nSPS) is 20.2. The van der Waals surface area contributed by atoms with Crippen LogP contribution in [0.5, 0.6) is 5.75 Å². The fourth-order valence-corrected chi connectivity index (χ4v) is 4.30. The van der Waals surface area contributed by atoms with E-state index >= 15 is 0 Å². The van der Waals surface area contributed by atoms with E-state index in [1.807, 2.05) is 6.92 Å². The third kappa shape index (κ3) is 4.11. The summed E-state index contributed by atoms with van der Waals surface area (Å²) in [6, 6.07) is 4.92. The molecular weight excluding hydrogens is 314 g/mol. The molecule has 116 valence electrons. The van der Waals surface area contributed by atoms with E-state index in [-0.39, 0.29) is 30.1 Å². The molecule has 1 aromatic rings. The van der Waals surface area contributed by atoms with Gasteiger partial charge in [0.15, 0.2) is 16.4 Å². The van der Waals surface area contributed by atoms with Crippen LogP contribution < -0.4 is 4.74 Å². The third-order valence-corrected chi connectivity index (χ3v) is 5.62. The summed E-state index contributed by atoms with van der Waals surface area (Å²) in [6.45, 7) is 1.73. The molecule has 5 nitrogen and oxygen atoms in total. The zero-order valence-corrected chi connectivity index (χ0v) is 13.6. The molecule has 0 unspecified atom stereocenters. The Morgan fingerprint density at radius 1 is 1.48 bits per heavy atom. The first kappa shape index (κ1) is 16.1. The molecule has 1 aliphatic heterocycles.